The van der Waals surface area contributed by atoms with E-state index in [4.69, 9.17) is 4.74 Å². The Balaban J connectivity index is 1.74. The molecule has 1 fully saturated rings. The molecule has 0 spiro atoms. The number of rotatable bonds is 3. The van der Waals surface area contributed by atoms with Gasteiger partial charge in [-0.1, -0.05) is 0 Å². The predicted molar refractivity (Wildman–Crippen MR) is 66.6 cm³/mol. The Morgan fingerprint density at radius 3 is 3.28 bits per heavy atom. The largest absolute Gasteiger partial charge is 0.386 e. The zero-order valence-electron chi connectivity index (χ0n) is 10.3. The van der Waals surface area contributed by atoms with Crippen LogP contribution in [0.1, 0.15) is 12.0 Å². The molecule has 0 saturated carbocycles. The van der Waals surface area contributed by atoms with Crippen LogP contribution in [0.2, 0.25) is 0 Å². The van der Waals surface area contributed by atoms with E-state index in [1.54, 1.807) is 4.52 Å². The molecule has 2 N–H and O–H groups in total. The summed E-state index contributed by atoms with van der Waals surface area (Å²) in [5, 5.41) is 17.5. The Bertz CT molecular complexity index is 560. The number of pyridine rings is 1. The van der Waals surface area contributed by atoms with Gasteiger partial charge in [0.15, 0.2) is 5.65 Å². The zero-order chi connectivity index (χ0) is 12.6. The predicted octanol–water partition coefficient (Wildman–Crippen LogP) is 0.601. The van der Waals surface area contributed by atoms with Crippen molar-refractivity contribution in [3.8, 4) is 0 Å². The van der Waals surface area contributed by atoms with Gasteiger partial charge >= 0.3 is 0 Å². The lowest BCUT2D eigenvalue weighted by molar-refractivity contribution is 0.0380. The number of nitrogens with one attached hydrogen (secondary N) is 1. The normalized spacial score (nSPS) is 23.7. The summed E-state index contributed by atoms with van der Waals surface area (Å²) >= 11 is 0. The van der Waals surface area contributed by atoms with Gasteiger partial charge in [-0.25, -0.2) is 4.52 Å². The molecule has 0 aromatic carbocycles. The molecule has 1 saturated heterocycles. The SMILES string of the molecule is Cc1ccn2nc(NCC3(O)CCOC3)nc2c1. The molecule has 3 heterocycles. The van der Waals surface area contributed by atoms with Crippen molar-refractivity contribution in [1.29, 1.82) is 0 Å². The van der Waals surface area contributed by atoms with E-state index in [1.165, 1.54) is 0 Å². The average Bonchev–Trinajstić information content (AvgIpc) is 2.93. The smallest absolute Gasteiger partial charge is 0.243 e. The number of hydrogen-bond acceptors (Lipinski definition) is 5. The summed E-state index contributed by atoms with van der Waals surface area (Å²) in [6, 6.07) is 3.94. The van der Waals surface area contributed by atoms with Crippen molar-refractivity contribution >= 4 is 11.6 Å². The summed E-state index contributed by atoms with van der Waals surface area (Å²) in [6.45, 7) is 3.39. The highest BCUT2D eigenvalue weighted by molar-refractivity contribution is 5.45. The lowest BCUT2D eigenvalue weighted by Gasteiger charge is -2.19. The van der Waals surface area contributed by atoms with E-state index in [2.05, 4.69) is 15.4 Å². The summed E-state index contributed by atoms with van der Waals surface area (Å²) in [7, 11) is 0. The van der Waals surface area contributed by atoms with Crippen molar-refractivity contribution < 1.29 is 9.84 Å². The van der Waals surface area contributed by atoms with E-state index in [-0.39, 0.29) is 0 Å². The highest BCUT2D eigenvalue weighted by Crippen LogP contribution is 2.18. The number of fused-ring (bicyclic) bond motifs is 1. The summed E-state index contributed by atoms with van der Waals surface area (Å²) in [6.07, 6.45) is 2.52. The van der Waals surface area contributed by atoms with Gasteiger partial charge in [0.25, 0.3) is 0 Å². The third kappa shape index (κ3) is 2.16. The summed E-state index contributed by atoms with van der Waals surface area (Å²) in [5.74, 6) is 0.529. The van der Waals surface area contributed by atoms with Crippen LogP contribution in [-0.4, -0.2) is 45.1 Å². The van der Waals surface area contributed by atoms with Crippen molar-refractivity contribution in [3.05, 3.63) is 23.9 Å². The van der Waals surface area contributed by atoms with Crippen LogP contribution in [0, 0.1) is 6.92 Å². The summed E-state index contributed by atoms with van der Waals surface area (Å²) < 4.78 is 6.90. The van der Waals surface area contributed by atoms with Crippen molar-refractivity contribution in [2.75, 3.05) is 25.1 Å². The molecule has 3 rings (SSSR count). The van der Waals surface area contributed by atoms with E-state index >= 15 is 0 Å². The fourth-order valence-electron chi connectivity index (χ4n) is 2.04. The van der Waals surface area contributed by atoms with E-state index in [9.17, 15) is 5.11 Å². The minimum atomic E-state index is -0.798. The monoisotopic (exact) mass is 248 g/mol. The summed E-state index contributed by atoms with van der Waals surface area (Å²) in [4.78, 5) is 4.35. The molecule has 0 radical (unpaired) electrons. The van der Waals surface area contributed by atoms with E-state index in [1.807, 2.05) is 25.3 Å². The number of aliphatic hydroxyl groups is 1. The molecule has 6 nitrogen and oxygen atoms in total. The third-order valence-corrected chi connectivity index (χ3v) is 3.15. The highest BCUT2D eigenvalue weighted by atomic mass is 16.5. The van der Waals surface area contributed by atoms with Gasteiger partial charge in [-0.3, -0.25) is 0 Å². The van der Waals surface area contributed by atoms with Crippen molar-refractivity contribution in [2.24, 2.45) is 0 Å². The first-order valence-corrected chi connectivity index (χ1v) is 6.02. The van der Waals surface area contributed by atoms with Crippen LogP contribution in [0.3, 0.4) is 0 Å². The maximum Gasteiger partial charge on any atom is 0.243 e. The molecular weight excluding hydrogens is 232 g/mol. The minimum absolute atomic E-state index is 0.368. The average molecular weight is 248 g/mol. The van der Waals surface area contributed by atoms with Crippen molar-refractivity contribution in [1.82, 2.24) is 14.6 Å². The van der Waals surface area contributed by atoms with E-state index in [0.29, 0.717) is 32.1 Å². The number of aromatic nitrogens is 3. The topological polar surface area (TPSA) is 71.7 Å². The van der Waals surface area contributed by atoms with Crippen LogP contribution in [0.4, 0.5) is 5.95 Å². The van der Waals surface area contributed by atoms with Gasteiger partial charge in [0, 0.05) is 25.8 Å². The van der Waals surface area contributed by atoms with Crippen LogP contribution in [0.15, 0.2) is 18.3 Å². The molecule has 0 aliphatic carbocycles. The van der Waals surface area contributed by atoms with Gasteiger partial charge in [0.05, 0.1) is 6.61 Å². The first-order valence-electron chi connectivity index (χ1n) is 6.02. The highest BCUT2D eigenvalue weighted by Gasteiger charge is 2.32. The molecule has 96 valence electrons. The zero-order valence-corrected chi connectivity index (χ0v) is 10.3. The maximum absolute atomic E-state index is 10.1. The molecule has 2 aromatic heterocycles. The lowest BCUT2D eigenvalue weighted by Crippen LogP contribution is -2.37. The lowest BCUT2D eigenvalue weighted by atomic mass is 10.0. The summed E-state index contributed by atoms with van der Waals surface area (Å²) in [5.41, 5.74) is 1.14. The van der Waals surface area contributed by atoms with Crippen molar-refractivity contribution in [2.45, 2.75) is 18.9 Å². The van der Waals surface area contributed by atoms with Crippen LogP contribution in [-0.2, 0) is 4.74 Å². The molecule has 0 bridgehead atoms. The van der Waals surface area contributed by atoms with Crippen LogP contribution < -0.4 is 5.32 Å². The minimum Gasteiger partial charge on any atom is -0.386 e. The first kappa shape index (κ1) is 11.4. The molecule has 1 unspecified atom stereocenters. The quantitative estimate of drug-likeness (QED) is 0.832. The number of ether oxygens (including phenoxy) is 1. The molecule has 18 heavy (non-hydrogen) atoms. The fourth-order valence-corrected chi connectivity index (χ4v) is 2.04. The first-order chi connectivity index (χ1) is 8.65. The van der Waals surface area contributed by atoms with Gasteiger partial charge < -0.3 is 15.2 Å². The molecule has 1 aliphatic rings. The van der Waals surface area contributed by atoms with Gasteiger partial charge in [0.1, 0.15) is 5.60 Å². The third-order valence-electron chi connectivity index (χ3n) is 3.15. The van der Waals surface area contributed by atoms with E-state index in [0.717, 1.165) is 11.2 Å². The van der Waals surface area contributed by atoms with Crippen molar-refractivity contribution in [3.63, 3.8) is 0 Å². The van der Waals surface area contributed by atoms with Gasteiger partial charge in [-0.15, -0.1) is 5.10 Å². The second-order valence-corrected chi connectivity index (χ2v) is 4.82. The number of nitrogens with zero attached hydrogens (tertiary/aromatic N) is 3. The molecule has 1 atom stereocenters. The standard InChI is InChI=1S/C12H16N4O2/c1-9-2-4-16-10(6-9)14-11(15-16)13-7-12(17)3-5-18-8-12/h2,4,6,17H,3,5,7-8H2,1H3,(H,13,15). The van der Waals surface area contributed by atoms with Crippen LogP contribution in [0.25, 0.3) is 5.65 Å². The Kier molecular flexibility index (Phi) is 2.68. The van der Waals surface area contributed by atoms with E-state index < -0.39 is 5.60 Å². The van der Waals surface area contributed by atoms with Gasteiger partial charge in [-0.05, 0) is 24.6 Å². The Morgan fingerprint density at radius 2 is 2.50 bits per heavy atom. The molecule has 6 heteroatoms. The Labute approximate surface area is 105 Å². The second kappa shape index (κ2) is 4.22. The Morgan fingerprint density at radius 1 is 1.61 bits per heavy atom. The molecule has 1 aliphatic heterocycles. The molecular formula is C12H16N4O2. The van der Waals surface area contributed by atoms with Gasteiger partial charge in [-0.2, -0.15) is 4.98 Å². The fraction of sp³-hybridized carbons (Fsp3) is 0.500. The second-order valence-electron chi connectivity index (χ2n) is 4.82. The number of hydrogen-bond donors (Lipinski definition) is 2. The van der Waals surface area contributed by atoms with Crippen LogP contribution >= 0.6 is 0 Å². The van der Waals surface area contributed by atoms with Gasteiger partial charge in [0.2, 0.25) is 5.95 Å². The molecule has 2 aromatic rings. The molecule has 0 amide bonds. The number of aryl methyl sites for hydroxylation is 1. The van der Waals surface area contributed by atoms with Crippen LogP contribution in [0.5, 0.6) is 0 Å². The Hall–Kier alpha value is -1.66. The number of anilines is 1. The maximum atomic E-state index is 10.1.